The van der Waals surface area contributed by atoms with E-state index in [1.54, 1.807) is 6.08 Å². The van der Waals surface area contributed by atoms with Crippen molar-refractivity contribution in [3.8, 4) is 0 Å². The third-order valence-corrected chi connectivity index (χ3v) is 7.90. The normalized spacial score (nSPS) is 14.4. The van der Waals surface area contributed by atoms with Gasteiger partial charge in [-0.1, -0.05) is 26.8 Å². The number of carbonyl (C=O) groups is 1. The lowest BCUT2D eigenvalue weighted by Gasteiger charge is -2.38. The Morgan fingerprint density at radius 2 is 2.00 bits per heavy atom. The molecule has 1 atom stereocenters. The molecule has 3 nitrogen and oxygen atoms in total. The number of carboxylic acids is 1. The van der Waals surface area contributed by atoms with E-state index in [0.717, 1.165) is 6.42 Å². The molecule has 0 aromatic heterocycles. The summed E-state index contributed by atoms with van der Waals surface area (Å²) in [6.07, 6.45) is 3.35. The van der Waals surface area contributed by atoms with Gasteiger partial charge in [0.25, 0.3) is 0 Å². The van der Waals surface area contributed by atoms with Gasteiger partial charge in [-0.15, -0.1) is 6.58 Å². The Labute approximate surface area is 106 Å². The summed E-state index contributed by atoms with van der Waals surface area (Å²) >= 11 is 0. The van der Waals surface area contributed by atoms with Crippen LogP contribution < -0.4 is 0 Å². The van der Waals surface area contributed by atoms with Crippen LogP contribution in [0.5, 0.6) is 0 Å². The molecule has 0 spiro atoms. The third kappa shape index (κ3) is 6.03. The summed E-state index contributed by atoms with van der Waals surface area (Å²) in [6.45, 7) is 14.7. The van der Waals surface area contributed by atoms with Gasteiger partial charge in [0.15, 0.2) is 8.32 Å². The summed E-state index contributed by atoms with van der Waals surface area (Å²) < 4.78 is 6.16. The van der Waals surface area contributed by atoms with E-state index in [0.29, 0.717) is 6.42 Å². The lowest BCUT2D eigenvalue weighted by atomic mass is 10.1. The molecule has 0 aliphatic carbocycles. The van der Waals surface area contributed by atoms with E-state index >= 15 is 0 Å². The Balaban J connectivity index is 4.31. The number of rotatable bonds is 7. The van der Waals surface area contributed by atoms with Crippen molar-refractivity contribution < 1.29 is 14.3 Å². The molecule has 0 radical (unpaired) electrons. The van der Waals surface area contributed by atoms with Gasteiger partial charge in [-0.05, 0) is 31.0 Å². The summed E-state index contributed by atoms with van der Waals surface area (Å²) in [5.41, 5.74) is 0. The molecule has 0 fully saturated rings. The van der Waals surface area contributed by atoms with Crippen LogP contribution >= 0.6 is 0 Å². The molecule has 0 heterocycles. The van der Waals surface area contributed by atoms with Gasteiger partial charge in [-0.2, -0.15) is 0 Å². The van der Waals surface area contributed by atoms with Crippen molar-refractivity contribution >= 4 is 14.3 Å². The minimum Gasteiger partial charge on any atom is -0.481 e. The Bertz CT molecular complexity index is 266. The highest BCUT2D eigenvalue weighted by atomic mass is 28.4. The molecule has 0 aromatic carbocycles. The molecular weight excluding hydrogens is 232 g/mol. The van der Waals surface area contributed by atoms with Crippen molar-refractivity contribution in [3.63, 3.8) is 0 Å². The maximum atomic E-state index is 10.5. The van der Waals surface area contributed by atoms with Crippen LogP contribution in [0.3, 0.4) is 0 Å². The molecule has 0 unspecified atom stereocenters. The highest BCUT2D eigenvalue weighted by Crippen LogP contribution is 2.37. The van der Waals surface area contributed by atoms with E-state index in [1.807, 2.05) is 0 Å². The van der Waals surface area contributed by atoms with Gasteiger partial charge < -0.3 is 9.53 Å². The summed E-state index contributed by atoms with van der Waals surface area (Å²) in [6, 6.07) is 0. The van der Waals surface area contributed by atoms with Crippen molar-refractivity contribution in [3.05, 3.63) is 12.7 Å². The van der Waals surface area contributed by atoms with Crippen LogP contribution in [-0.2, 0) is 9.22 Å². The van der Waals surface area contributed by atoms with Gasteiger partial charge in [-0.3, -0.25) is 4.79 Å². The smallest absolute Gasteiger partial charge is 0.303 e. The quantitative estimate of drug-likeness (QED) is 0.558. The first-order valence-electron chi connectivity index (χ1n) is 6.12. The molecule has 1 N–H and O–H groups in total. The van der Waals surface area contributed by atoms with E-state index in [4.69, 9.17) is 9.53 Å². The fourth-order valence-electron chi connectivity index (χ4n) is 1.23. The monoisotopic (exact) mass is 258 g/mol. The van der Waals surface area contributed by atoms with Crippen LogP contribution in [0.2, 0.25) is 18.1 Å². The topological polar surface area (TPSA) is 46.5 Å². The first kappa shape index (κ1) is 16.4. The Kier molecular flexibility index (Phi) is 6.13. The van der Waals surface area contributed by atoms with Crippen LogP contribution in [0.25, 0.3) is 0 Å². The minimum absolute atomic E-state index is 0.0183. The molecule has 0 rings (SSSR count). The van der Waals surface area contributed by atoms with Crippen molar-refractivity contribution in [1.82, 2.24) is 0 Å². The molecule has 17 heavy (non-hydrogen) atoms. The molecule has 4 heteroatoms. The van der Waals surface area contributed by atoms with E-state index < -0.39 is 14.3 Å². The van der Waals surface area contributed by atoms with E-state index in [9.17, 15) is 4.79 Å². The predicted octanol–water partition coefficient (Wildman–Crippen LogP) is 3.82. The number of hydrogen-bond acceptors (Lipinski definition) is 2. The van der Waals surface area contributed by atoms with Crippen LogP contribution in [0.1, 0.15) is 40.0 Å². The van der Waals surface area contributed by atoms with Crippen LogP contribution in [0.15, 0.2) is 12.7 Å². The summed E-state index contributed by atoms with van der Waals surface area (Å²) in [5, 5.41) is 8.77. The van der Waals surface area contributed by atoms with Gasteiger partial charge in [0.05, 0.1) is 6.10 Å². The zero-order valence-electron chi connectivity index (χ0n) is 11.7. The number of aliphatic carboxylic acids is 1. The van der Waals surface area contributed by atoms with Gasteiger partial charge in [0.2, 0.25) is 0 Å². The molecule has 100 valence electrons. The van der Waals surface area contributed by atoms with Crippen molar-refractivity contribution in [2.24, 2.45) is 0 Å². The second kappa shape index (κ2) is 6.35. The first-order chi connectivity index (χ1) is 7.60. The van der Waals surface area contributed by atoms with Crippen molar-refractivity contribution in [2.45, 2.75) is 64.3 Å². The van der Waals surface area contributed by atoms with Crippen molar-refractivity contribution in [1.29, 1.82) is 0 Å². The molecule has 0 saturated heterocycles. The Hall–Kier alpha value is -0.613. The summed E-state index contributed by atoms with van der Waals surface area (Å²) in [4.78, 5) is 10.5. The second-order valence-electron chi connectivity index (χ2n) is 5.94. The van der Waals surface area contributed by atoms with Crippen LogP contribution in [0, 0.1) is 0 Å². The molecule has 0 bridgehead atoms. The van der Waals surface area contributed by atoms with Crippen LogP contribution in [-0.4, -0.2) is 25.5 Å². The zero-order valence-corrected chi connectivity index (χ0v) is 12.7. The summed E-state index contributed by atoms with van der Waals surface area (Å²) in [5.74, 6) is -0.750. The zero-order chi connectivity index (χ0) is 13.7. The van der Waals surface area contributed by atoms with Gasteiger partial charge in [-0.25, -0.2) is 0 Å². The molecule has 0 aliphatic rings. The lowest BCUT2D eigenvalue weighted by Crippen LogP contribution is -2.43. The Morgan fingerprint density at radius 3 is 2.35 bits per heavy atom. The van der Waals surface area contributed by atoms with Gasteiger partial charge in [0, 0.05) is 6.42 Å². The number of hydrogen-bond donors (Lipinski definition) is 1. The van der Waals surface area contributed by atoms with E-state index in [1.165, 1.54) is 0 Å². The lowest BCUT2D eigenvalue weighted by molar-refractivity contribution is -0.137. The fraction of sp³-hybridized carbons (Fsp3) is 0.769. The standard InChI is InChI=1S/C13H26O3Si/c1-7-11(9-8-10-12(14)15)16-17(5,6)13(2,3)4/h7,11H,1,8-10H2,2-6H3,(H,14,15)/t11-/m0/s1. The molecule has 0 saturated carbocycles. The maximum Gasteiger partial charge on any atom is 0.303 e. The van der Waals surface area contributed by atoms with Crippen molar-refractivity contribution in [2.75, 3.05) is 0 Å². The Morgan fingerprint density at radius 1 is 1.47 bits per heavy atom. The maximum absolute atomic E-state index is 10.5. The van der Waals surface area contributed by atoms with E-state index in [2.05, 4.69) is 40.4 Å². The fourth-order valence-corrected chi connectivity index (χ4v) is 2.56. The average molecular weight is 258 g/mol. The first-order valence-corrected chi connectivity index (χ1v) is 9.03. The van der Waals surface area contributed by atoms with E-state index in [-0.39, 0.29) is 17.6 Å². The highest BCUT2D eigenvalue weighted by molar-refractivity contribution is 6.74. The van der Waals surface area contributed by atoms with Gasteiger partial charge >= 0.3 is 5.97 Å². The average Bonchev–Trinajstić information content (AvgIpc) is 2.13. The summed E-state index contributed by atoms with van der Waals surface area (Å²) in [7, 11) is -1.78. The van der Waals surface area contributed by atoms with Gasteiger partial charge in [0.1, 0.15) is 0 Å². The molecule has 0 aliphatic heterocycles. The molecular formula is C13H26O3Si. The van der Waals surface area contributed by atoms with Crippen LogP contribution in [0.4, 0.5) is 0 Å². The predicted molar refractivity (Wildman–Crippen MR) is 73.8 cm³/mol. The minimum atomic E-state index is -1.78. The molecule has 0 amide bonds. The molecule has 0 aromatic rings. The second-order valence-corrected chi connectivity index (χ2v) is 10.7. The third-order valence-electron chi connectivity index (χ3n) is 3.39. The largest absolute Gasteiger partial charge is 0.481 e. The number of carboxylic acid groups (broad SMARTS) is 1. The highest BCUT2D eigenvalue weighted by Gasteiger charge is 2.38. The SMILES string of the molecule is C=C[C@@H](CCCC(=O)O)O[Si](C)(C)C(C)(C)C.